The number of ketones is 1. The minimum absolute atomic E-state index is 0.0113. The van der Waals surface area contributed by atoms with Crippen molar-refractivity contribution in [2.24, 2.45) is 0 Å². The highest BCUT2D eigenvalue weighted by atomic mass is 35.5. The lowest BCUT2D eigenvalue weighted by Gasteiger charge is -2.10. The second-order valence-electron chi connectivity index (χ2n) is 4.67. The molecule has 0 fully saturated rings. The van der Waals surface area contributed by atoms with Gasteiger partial charge in [0.05, 0.1) is 0 Å². The molecule has 0 bridgehead atoms. The van der Waals surface area contributed by atoms with Gasteiger partial charge in [0.2, 0.25) is 0 Å². The van der Waals surface area contributed by atoms with Crippen molar-refractivity contribution in [3.05, 3.63) is 58.6 Å². The van der Waals surface area contributed by atoms with Crippen molar-refractivity contribution >= 4 is 34.8 Å². The molecule has 0 spiro atoms. The number of rotatable bonds is 3. The normalized spacial score (nSPS) is 10.0. The van der Waals surface area contributed by atoms with E-state index in [1.807, 2.05) is 6.92 Å². The maximum atomic E-state index is 11.9. The van der Waals surface area contributed by atoms with E-state index in [9.17, 15) is 9.59 Å². The van der Waals surface area contributed by atoms with Gasteiger partial charge in [0.1, 0.15) is 0 Å². The highest BCUT2D eigenvalue weighted by Gasteiger charge is 2.06. The van der Waals surface area contributed by atoms with E-state index in [4.69, 9.17) is 11.6 Å². The lowest BCUT2D eigenvalue weighted by molar-refractivity contribution is 0.101. The number of urea groups is 1. The van der Waals surface area contributed by atoms with Gasteiger partial charge in [-0.05, 0) is 61.9 Å². The van der Waals surface area contributed by atoms with Gasteiger partial charge < -0.3 is 10.6 Å². The van der Waals surface area contributed by atoms with Crippen molar-refractivity contribution in [2.75, 3.05) is 10.6 Å². The fourth-order valence-corrected chi connectivity index (χ4v) is 2.07. The molecule has 0 atom stereocenters. The Kier molecular flexibility index (Phi) is 4.60. The average molecular weight is 303 g/mol. The monoisotopic (exact) mass is 302 g/mol. The Morgan fingerprint density at radius 3 is 2.24 bits per heavy atom. The van der Waals surface area contributed by atoms with Crippen LogP contribution in [0, 0.1) is 6.92 Å². The zero-order chi connectivity index (χ0) is 15.4. The van der Waals surface area contributed by atoms with Crippen molar-refractivity contribution in [1.82, 2.24) is 0 Å². The van der Waals surface area contributed by atoms with E-state index in [1.165, 1.54) is 6.92 Å². The van der Waals surface area contributed by atoms with Gasteiger partial charge in [0.15, 0.2) is 5.78 Å². The predicted molar refractivity (Wildman–Crippen MR) is 85.3 cm³/mol. The van der Waals surface area contributed by atoms with E-state index in [-0.39, 0.29) is 11.8 Å². The molecule has 0 aliphatic carbocycles. The summed E-state index contributed by atoms with van der Waals surface area (Å²) in [4.78, 5) is 23.1. The highest BCUT2D eigenvalue weighted by molar-refractivity contribution is 6.30. The van der Waals surface area contributed by atoms with Gasteiger partial charge in [0.25, 0.3) is 0 Å². The van der Waals surface area contributed by atoms with Crippen molar-refractivity contribution < 1.29 is 9.59 Å². The Morgan fingerprint density at radius 1 is 1.00 bits per heavy atom. The summed E-state index contributed by atoms with van der Waals surface area (Å²) in [6, 6.07) is 11.6. The molecule has 5 heteroatoms. The van der Waals surface area contributed by atoms with Crippen molar-refractivity contribution in [2.45, 2.75) is 13.8 Å². The third-order valence-corrected chi connectivity index (χ3v) is 3.22. The summed E-state index contributed by atoms with van der Waals surface area (Å²) in [6.45, 7) is 3.36. The highest BCUT2D eigenvalue weighted by Crippen LogP contribution is 2.20. The molecular formula is C16H15ClN2O2. The van der Waals surface area contributed by atoms with Gasteiger partial charge in [-0.1, -0.05) is 11.6 Å². The van der Waals surface area contributed by atoms with Crippen LogP contribution in [0.5, 0.6) is 0 Å². The second kappa shape index (κ2) is 6.41. The number of aryl methyl sites for hydroxylation is 1. The number of nitrogens with one attached hydrogen (secondary N) is 2. The molecule has 2 aromatic rings. The molecule has 0 radical (unpaired) electrons. The van der Waals surface area contributed by atoms with Gasteiger partial charge >= 0.3 is 6.03 Å². The van der Waals surface area contributed by atoms with E-state index >= 15 is 0 Å². The van der Waals surface area contributed by atoms with Crippen LogP contribution < -0.4 is 10.6 Å². The number of hydrogen-bond donors (Lipinski definition) is 2. The van der Waals surface area contributed by atoms with Gasteiger partial charge in [-0.25, -0.2) is 4.79 Å². The first kappa shape index (κ1) is 15.1. The molecule has 0 aliphatic heterocycles. The van der Waals surface area contributed by atoms with E-state index in [1.54, 1.807) is 42.5 Å². The second-order valence-corrected chi connectivity index (χ2v) is 5.11. The first-order chi connectivity index (χ1) is 9.95. The Hall–Kier alpha value is -2.33. The number of amides is 2. The Labute approximate surface area is 128 Å². The third kappa shape index (κ3) is 4.07. The topological polar surface area (TPSA) is 58.2 Å². The summed E-state index contributed by atoms with van der Waals surface area (Å²) >= 11 is 5.87. The minimum Gasteiger partial charge on any atom is -0.308 e. The lowest BCUT2D eigenvalue weighted by Crippen LogP contribution is -2.19. The van der Waals surface area contributed by atoms with Gasteiger partial charge in [-0.3, -0.25) is 4.79 Å². The number of carbonyl (C=O) groups is 2. The summed E-state index contributed by atoms with van der Waals surface area (Å²) in [5, 5.41) is 6.08. The fraction of sp³-hybridized carbons (Fsp3) is 0.125. The fourth-order valence-electron chi connectivity index (χ4n) is 1.84. The maximum Gasteiger partial charge on any atom is 0.323 e. The lowest BCUT2D eigenvalue weighted by atomic mass is 10.1. The van der Waals surface area contributed by atoms with Crippen molar-refractivity contribution in [1.29, 1.82) is 0 Å². The van der Waals surface area contributed by atoms with Crippen LogP contribution in [0.1, 0.15) is 22.8 Å². The smallest absolute Gasteiger partial charge is 0.308 e. The van der Waals surface area contributed by atoms with Gasteiger partial charge in [-0.2, -0.15) is 0 Å². The van der Waals surface area contributed by atoms with Crippen LogP contribution >= 0.6 is 11.6 Å². The molecule has 4 nitrogen and oxygen atoms in total. The van der Waals surface area contributed by atoms with Crippen molar-refractivity contribution in [3.8, 4) is 0 Å². The van der Waals surface area contributed by atoms with Crippen LogP contribution in [0.25, 0.3) is 0 Å². The number of benzene rings is 2. The van der Waals surface area contributed by atoms with Crippen LogP contribution in [0.4, 0.5) is 16.2 Å². The summed E-state index contributed by atoms with van der Waals surface area (Å²) in [5.74, 6) is -0.0113. The number of Topliss-reactive ketones (excluding diaryl/α,β-unsaturated/α-hetero) is 1. The van der Waals surface area contributed by atoms with Gasteiger partial charge in [-0.15, -0.1) is 0 Å². The first-order valence-electron chi connectivity index (χ1n) is 6.41. The zero-order valence-corrected chi connectivity index (χ0v) is 12.5. The predicted octanol–water partition coefficient (Wildman–Crippen LogP) is 4.50. The molecule has 0 heterocycles. The first-order valence-corrected chi connectivity index (χ1v) is 6.78. The number of carbonyl (C=O) groups excluding carboxylic acids is 2. The van der Waals surface area contributed by atoms with Gasteiger partial charge in [0, 0.05) is 22.0 Å². The number of hydrogen-bond acceptors (Lipinski definition) is 2. The molecule has 2 amide bonds. The standard InChI is InChI=1S/C16H15ClN2O2/c1-10-9-13(17)5-8-15(10)19-16(21)18-14-6-3-12(4-7-14)11(2)20/h3-9H,1-2H3,(H2,18,19,21). The Bertz CT molecular complexity index is 681. The SMILES string of the molecule is CC(=O)c1ccc(NC(=O)Nc2ccc(Cl)cc2C)cc1. The molecule has 0 saturated carbocycles. The minimum atomic E-state index is -0.351. The molecule has 2 aromatic carbocycles. The molecule has 0 saturated heterocycles. The molecule has 0 unspecified atom stereocenters. The van der Waals surface area contributed by atoms with Crippen LogP contribution in [0.2, 0.25) is 5.02 Å². The maximum absolute atomic E-state index is 11.9. The zero-order valence-electron chi connectivity index (χ0n) is 11.7. The Morgan fingerprint density at radius 2 is 1.67 bits per heavy atom. The summed E-state index contributed by atoms with van der Waals surface area (Å²) in [6.07, 6.45) is 0. The van der Waals surface area contributed by atoms with Crippen LogP contribution in [0.3, 0.4) is 0 Å². The summed E-state index contributed by atoms with van der Waals surface area (Å²) in [7, 11) is 0. The van der Waals surface area contributed by atoms with Crippen LogP contribution in [-0.2, 0) is 0 Å². The van der Waals surface area contributed by atoms with E-state index in [0.29, 0.717) is 22.0 Å². The van der Waals surface area contributed by atoms with E-state index < -0.39 is 0 Å². The van der Waals surface area contributed by atoms with E-state index in [2.05, 4.69) is 10.6 Å². The Balaban J connectivity index is 2.02. The number of halogens is 1. The molecule has 108 valence electrons. The molecule has 2 rings (SSSR count). The van der Waals surface area contributed by atoms with E-state index in [0.717, 1.165) is 5.56 Å². The average Bonchev–Trinajstić information content (AvgIpc) is 2.42. The molecular weight excluding hydrogens is 288 g/mol. The van der Waals surface area contributed by atoms with Crippen molar-refractivity contribution in [3.63, 3.8) is 0 Å². The molecule has 2 N–H and O–H groups in total. The van der Waals surface area contributed by atoms with Crippen LogP contribution in [-0.4, -0.2) is 11.8 Å². The largest absolute Gasteiger partial charge is 0.323 e. The molecule has 0 aromatic heterocycles. The van der Waals surface area contributed by atoms with Crippen LogP contribution in [0.15, 0.2) is 42.5 Å². The number of anilines is 2. The summed E-state index contributed by atoms with van der Waals surface area (Å²) in [5.41, 5.74) is 2.79. The quantitative estimate of drug-likeness (QED) is 0.820. The third-order valence-electron chi connectivity index (χ3n) is 2.99. The molecule has 21 heavy (non-hydrogen) atoms. The molecule has 0 aliphatic rings. The summed E-state index contributed by atoms with van der Waals surface area (Å²) < 4.78 is 0.